The van der Waals surface area contributed by atoms with E-state index < -0.39 is 0 Å². The molecule has 0 radical (unpaired) electrons. The van der Waals surface area contributed by atoms with Crippen LogP contribution in [0.2, 0.25) is 10.6 Å². The van der Waals surface area contributed by atoms with Crippen molar-refractivity contribution in [1.29, 1.82) is 0 Å². The molecule has 2 rings (SSSR count). The molecule has 0 spiro atoms. The fourth-order valence-electron chi connectivity index (χ4n) is 1.08. The maximum atomic E-state index is 8.06. The number of halogens is 2. The highest BCUT2D eigenvalue weighted by Gasteiger charge is 1.99. The van der Waals surface area contributed by atoms with Gasteiger partial charge in [-0.3, -0.25) is 0 Å². The van der Waals surface area contributed by atoms with Crippen molar-refractivity contribution in [3.05, 3.63) is 43.1 Å². The lowest BCUT2D eigenvalue weighted by Gasteiger charge is -1.94. The van der Waals surface area contributed by atoms with Crippen LogP contribution in [0.1, 0.15) is 11.6 Å². The predicted octanol–water partition coefficient (Wildman–Crippen LogP) is 3.55. The Morgan fingerprint density at radius 1 is 0.727 bits per heavy atom. The van der Waals surface area contributed by atoms with E-state index in [1.54, 1.807) is 13.8 Å². The predicted molar refractivity (Wildman–Crippen MR) is 76.8 cm³/mol. The van der Waals surface area contributed by atoms with E-state index in [1.165, 1.54) is 0 Å². The molecule has 0 N–H and O–H groups in total. The fraction of sp³-hybridized carbons (Fsp3) is 0.250. The van der Waals surface area contributed by atoms with Gasteiger partial charge in [0.25, 0.3) is 0 Å². The highest BCUT2D eigenvalue weighted by Crippen LogP contribution is 2.11. The molecule has 14 heteroatoms. The van der Waals surface area contributed by atoms with E-state index in [2.05, 4.69) is 50.0 Å². The van der Waals surface area contributed by atoms with E-state index in [1.807, 2.05) is 0 Å². The standard InChI is InChI=1S/C5H6N6.C3Cl2N6/c1-3-7-4(2)9-5(8-3)10-11-6;4-1-7-2(5)9-3(8-1)10-11-6/h1-2H3;. The van der Waals surface area contributed by atoms with Gasteiger partial charge in [0, 0.05) is 9.82 Å². The minimum Gasteiger partial charge on any atom is -0.219 e. The third-order valence-corrected chi connectivity index (χ3v) is 2.02. The molecule has 0 saturated heterocycles. The molecule has 2 aromatic heterocycles. The first-order valence-corrected chi connectivity index (χ1v) is 6.06. The van der Waals surface area contributed by atoms with Crippen LogP contribution in [-0.2, 0) is 0 Å². The molecule has 0 aliphatic rings. The highest BCUT2D eigenvalue weighted by atomic mass is 35.5. The van der Waals surface area contributed by atoms with Crippen molar-refractivity contribution in [2.45, 2.75) is 13.8 Å². The van der Waals surface area contributed by atoms with Gasteiger partial charge in [0.15, 0.2) is 0 Å². The van der Waals surface area contributed by atoms with Crippen molar-refractivity contribution in [2.75, 3.05) is 0 Å². The molecule has 12 nitrogen and oxygen atoms in total. The zero-order valence-corrected chi connectivity index (χ0v) is 12.6. The quantitative estimate of drug-likeness (QED) is 0.458. The number of azide groups is 2. The molecular formula is C8H6Cl2N12. The molecule has 0 bridgehead atoms. The van der Waals surface area contributed by atoms with Crippen molar-refractivity contribution in [3.8, 4) is 0 Å². The van der Waals surface area contributed by atoms with Crippen molar-refractivity contribution >= 4 is 35.1 Å². The Morgan fingerprint density at radius 3 is 1.55 bits per heavy atom. The molecule has 0 atom stereocenters. The lowest BCUT2D eigenvalue weighted by atomic mass is 10.6. The summed E-state index contributed by atoms with van der Waals surface area (Å²) in [6.07, 6.45) is 0. The summed E-state index contributed by atoms with van der Waals surface area (Å²) in [5.41, 5.74) is 16.0. The van der Waals surface area contributed by atoms with Crippen LogP contribution in [0.15, 0.2) is 10.2 Å². The molecule has 0 aromatic carbocycles. The van der Waals surface area contributed by atoms with Crippen LogP contribution in [0.4, 0.5) is 11.9 Å². The van der Waals surface area contributed by atoms with Crippen molar-refractivity contribution in [1.82, 2.24) is 29.9 Å². The first kappa shape index (κ1) is 17.3. The van der Waals surface area contributed by atoms with Crippen molar-refractivity contribution in [3.63, 3.8) is 0 Å². The Labute approximate surface area is 132 Å². The topological polar surface area (TPSA) is 175 Å². The monoisotopic (exact) mass is 340 g/mol. The summed E-state index contributed by atoms with van der Waals surface area (Å²) >= 11 is 10.7. The van der Waals surface area contributed by atoms with Gasteiger partial charge < -0.3 is 0 Å². The van der Waals surface area contributed by atoms with Crippen LogP contribution < -0.4 is 0 Å². The van der Waals surface area contributed by atoms with Gasteiger partial charge in [-0.25, -0.2) is 15.0 Å². The minimum atomic E-state index is -0.141. The second kappa shape index (κ2) is 8.49. The second-order valence-electron chi connectivity index (χ2n) is 3.28. The smallest absolute Gasteiger partial charge is 0.219 e. The van der Waals surface area contributed by atoms with Gasteiger partial charge in [-0.15, -0.1) is 0 Å². The lowest BCUT2D eigenvalue weighted by molar-refractivity contribution is 0.915. The summed E-state index contributed by atoms with van der Waals surface area (Å²) in [6, 6.07) is 0. The first-order chi connectivity index (χ1) is 10.4. The average Bonchev–Trinajstić information content (AvgIpc) is 2.37. The Kier molecular flexibility index (Phi) is 6.67. The molecular weight excluding hydrogens is 335 g/mol. The minimum absolute atomic E-state index is 0.104. The molecule has 2 aromatic rings. The van der Waals surface area contributed by atoms with Gasteiger partial charge in [-0.05, 0) is 58.3 Å². The molecule has 112 valence electrons. The summed E-state index contributed by atoms with van der Waals surface area (Å²) in [4.78, 5) is 26.8. The number of rotatable bonds is 2. The zero-order chi connectivity index (χ0) is 16.5. The molecule has 0 amide bonds. The average molecular weight is 341 g/mol. The van der Waals surface area contributed by atoms with E-state index >= 15 is 0 Å². The van der Waals surface area contributed by atoms with Crippen LogP contribution in [0.3, 0.4) is 0 Å². The maximum absolute atomic E-state index is 8.06. The maximum Gasteiger partial charge on any atom is 0.227 e. The number of hydrogen-bond donors (Lipinski definition) is 0. The Balaban J connectivity index is 0.000000220. The van der Waals surface area contributed by atoms with E-state index in [9.17, 15) is 0 Å². The van der Waals surface area contributed by atoms with E-state index in [0.717, 1.165) is 0 Å². The van der Waals surface area contributed by atoms with Crippen molar-refractivity contribution in [2.24, 2.45) is 10.2 Å². The number of nitrogens with zero attached hydrogens (tertiary/aromatic N) is 12. The Bertz CT molecular complexity index is 658. The summed E-state index contributed by atoms with van der Waals surface area (Å²) in [7, 11) is 0. The Morgan fingerprint density at radius 2 is 1.14 bits per heavy atom. The first-order valence-electron chi connectivity index (χ1n) is 5.31. The summed E-state index contributed by atoms with van der Waals surface area (Å²) in [6.45, 7) is 3.43. The van der Waals surface area contributed by atoms with E-state index in [-0.39, 0.29) is 22.5 Å². The zero-order valence-electron chi connectivity index (χ0n) is 11.1. The van der Waals surface area contributed by atoms with Gasteiger partial charge in [0.2, 0.25) is 22.5 Å². The summed E-state index contributed by atoms with van der Waals surface area (Å²) < 4.78 is 0. The molecule has 22 heavy (non-hydrogen) atoms. The summed E-state index contributed by atoms with van der Waals surface area (Å²) in [5, 5.41) is 6.12. The second-order valence-corrected chi connectivity index (χ2v) is 3.96. The molecule has 0 fully saturated rings. The fourth-order valence-corrected chi connectivity index (χ4v) is 1.44. The van der Waals surface area contributed by atoms with E-state index in [4.69, 9.17) is 34.3 Å². The number of aryl methyl sites for hydroxylation is 2. The molecule has 0 unspecified atom stereocenters. The third kappa shape index (κ3) is 6.11. The van der Waals surface area contributed by atoms with Crippen LogP contribution in [-0.4, -0.2) is 29.9 Å². The van der Waals surface area contributed by atoms with Gasteiger partial charge in [-0.2, -0.15) is 15.0 Å². The normalized spacial score (nSPS) is 8.91. The third-order valence-electron chi connectivity index (χ3n) is 1.68. The Hall–Kier alpha value is -2.78. The van der Waals surface area contributed by atoms with E-state index in [0.29, 0.717) is 11.6 Å². The molecule has 0 aliphatic carbocycles. The van der Waals surface area contributed by atoms with Gasteiger partial charge in [-0.1, -0.05) is 0 Å². The van der Waals surface area contributed by atoms with Crippen LogP contribution in [0.25, 0.3) is 20.9 Å². The summed E-state index contributed by atoms with van der Waals surface area (Å²) in [5.74, 6) is 1.09. The largest absolute Gasteiger partial charge is 0.227 e. The molecule has 0 saturated carbocycles. The lowest BCUT2D eigenvalue weighted by Crippen LogP contribution is -1.93. The van der Waals surface area contributed by atoms with Gasteiger partial charge in [0.1, 0.15) is 11.6 Å². The highest BCUT2D eigenvalue weighted by molar-refractivity contribution is 6.31. The molecule has 2 heterocycles. The van der Waals surface area contributed by atoms with Crippen molar-refractivity contribution < 1.29 is 0 Å². The van der Waals surface area contributed by atoms with Gasteiger partial charge in [0.05, 0.1) is 0 Å². The van der Waals surface area contributed by atoms with Crippen LogP contribution in [0, 0.1) is 13.8 Å². The van der Waals surface area contributed by atoms with Gasteiger partial charge >= 0.3 is 0 Å². The number of hydrogen-bond acceptors (Lipinski definition) is 8. The van der Waals surface area contributed by atoms with Crippen LogP contribution in [0.5, 0.6) is 0 Å². The SMILES string of the molecule is Cc1nc(C)nc(N=[N+]=[N-])n1.[N-]=[N+]=Nc1nc(Cl)nc(Cl)n1. The molecule has 0 aliphatic heterocycles. The number of aromatic nitrogens is 6. The van der Waals surface area contributed by atoms with Crippen LogP contribution >= 0.6 is 23.2 Å².